The lowest BCUT2D eigenvalue weighted by atomic mass is 9.61. The van der Waals surface area contributed by atoms with Gasteiger partial charge in [-0.25, -0.2) is 13.2 Å². The van der Waals surface area contributed by atoms with Gasteiger partial charge in [0.25, 0.3) is 11.9 Å². The molecule has 0 radical (unpaired) electrons. The Hall–Kier alpha value is -2.92. The number of amides is 1. The summed E-state index contributed by atoms with van der Waals surface area (Å²) in [7, 11) is 1.80. The molecular formula is C24H26F6N4O2. The largest absolute Gasteiger partial charge is 0.427 e. The van der Waals surface area contributed by atoms with E-state index in [1.54, 1.807) is 7.05 Å². The minimum absolute atomic E-state index is 0.0585. The Bertz CT molecular complexity index is 1140. The van der Waals surface area contributed by atoms with Crippen molar-refractivity contribution in [2.75, 3.05) is 35.3 Å². The molecule has 5 rings (SSSR count). The number of nitrogens with zero attached hydrogens (tertiary/aromatic N) is 3. The van der Waals surface area contributed by atoms with E-state index < -0.39 is 47.1 Å². The summed E-state index contributed by atoms with van der Waals surface area (Å²) in [5, 5.41) is 2.39. The summed E-state index contributed by atoms with van der Waals surface area (Å²) in [5.74, 6) is -4.97. The predicted molar refractivity (Wildman–Crippen MR) is 120 cm³/mol. The molecule has 0 atom stereocenters. The molecular weight excluding hydrogens is 490 g/mol. The maximum atomic E-state index is 14.8. The Kier molecular flexibility index (Phi) is 5.90. The van der Waals surface area contributed by atoms with Crippen molar-refractivity contribution in [3.05, 3.63) is 35.5 Å². The van der Waals surface area contributed by atoms with Crippen LogP contribution in [0.3, 0.4) is 0 Å². The van der Waals surface area contributed by atoms with Gasteiger partial charge < -0.3 is 19.5 Å². The number of hydrogen-bond donors (Lipinski definition) is 1. The van der Waals surface area contributed by atoms with Crippen LogP contribution in [0.4, 0.5) is 43.7 Å². The summed E-state index contributed by atoms with van der Waals surface area (Å²) in [5.41, 5.74) is -0.747. The highest BCUT2D eigenvalue weighted by Crippen LogP contribution is 2.57. The third-order valence-electron chi connectivity index (χ3n) is 7.31. The lowest BCUT2D eigenvalue weighted by Gasteiger charge is -2.58. The van der Waals surface area contributed by atoms with Crippen LogP contribution in [0, 0.1) is 11.2 Å². The number of hydrogen-bond acceptors (Lipinski definition) is 5. The monoisotopic (exact) mass is 516 g/mol. The Morgan fingerprint density at radius 3 is 2.47 bits per heavy atom. The molecule has 0 unspecified atom stereocenters. The minimum atomic E-state index is -4.67. The van der Waals surface area contributed by atoms with Gasteiger partial charge >= 0.3 is 6.18 Å². The second kappa shape index (κ2) is 8.58. The van der Waals surface area contributed by atoms with E-state index in [9.17, 15) is 31.1 Å². The molecule has 1 spiro atoms. The van der Waals surface area contributed by atoms with Crippen molar-refractivity contribution in [2.45, 2.75) is 63.1 Å². The number of aromatic nitrogens is 1. The maximum Gasteiger partial charge on any atom is 0.396 e. The van der Waals surface area contributed by atoms with Crippen molar-refractivity contribution in [2.24, 2.45) is 5.41 Å². The van der Waals surface area contributed by atoms with Gasteiger partial charge in [-0.2, -0.15) is 18.2 Å². The zero-order valence-corrected chi connectivity index (χ0v) is 19.6. The van der Waals surface area contributed by atoms with Gasteiger partial charge in [0.2, 0.25) is 5.92 Å². The number of oxazole rings is 1. The minimum Gasteiger partial charge on any atom is -0.427 e. The van der Waals surface area contributed by atoms with Crippen molar-refractivity contribution in [1.29, 1.82) is 0 Å². The molecule has 3 aliphatic rings. The second-order valence-corrected chi connectivity index (χ2v) is 10.3. The first-order valence-corrected chi connectivity index (χ1v) is 11.9. The fourth-order valence-corrected chi connectivity index (χ4v) is 5.67. The van der Waals surface area contributed by atoms with Gasteiger partial charge in [-0.05, 0) is 31.0 Å². The summed E-state index contributed by atoms with van der Waals surface area (Å²) < 4.78 is 86.0. The molecule has 196 valence electrons. The number of alkyl halides is 5. The topological polar surface area (TPSA) is 61.6 Å². The lowest BCUT2D eigenvalue weighted by molar-refractivity contribution is -0.171. The molecule has 2 saturated carbocycles. The molecule has 1 aromatic heterocycles. The van der Waals surface area contributed by atoms with E-state index in [-0.39, 0.29) is 43.7 Å². The average molecular weight is 516 g/mol. The number of anilines is 3. The van der Waals surface area contributed by atoms with Crippen LogP contribution in [-0.4, -0.2) is 49.2 Å². The molecule has 1 N–H and O–H groups in total. The van der Waals surface area contributed by atoms with Gasteiger partial charge in [0.1, 0.15) is 18.0 Å². The molecule has 3 fully saturated rings. The second-order valence-electron chi connectivity index (χ2n) is 10.3. The fourth-order valence-electron chi connectivity index (χ4n) is 5.67. The van der Waals surface area contributed by atoms with Crippen LogP contribution in [0.5, 0.6) is 0 Å². The molecule has 0 bridgehead atoms. The summed E-state index contributed by atoms with van der Waals surface area (Å²) in [6.07, 6.45) is -2.70. The van der Waals surface area contributed by atoms with E-state index in [1.165, 1.54) is 17.0 Å². The van der Waals surface area contributed by atoms with Gasteiger partial charge in [0, 0.05) is 50.1 Å². The van der Waals surface area contributed by atoms with Crippen LogP contribution in [0.25, 0.3) is 0 Å². The van der Waals surface area contributed by atoms with Crippen molar-refractivity contribution in [3.8, 4) is 0 Å². The first-order valence-electron chi connectivity index (χ1n) is 11.9. The molecule has 2 heterocycles. The third kappa shape index (κ3) is 4.86. The quantitative estimate of drug-likeness (QED) is 0.493. The highest BCUT2D eigenvalue weighted by molar-refractivity contribution is 6.04. The number of nitrogens with one attached hydrogen (secondary N) is 1. The van der Waals surface area contributed by atoms with Crippen LogP contribution in [-0.2, 0) is 6.42 Å². The number of rotatable bonds is 6. The zero-order chi connectivity index (χ0) is 25.9. The van der Waals surface area contributed by atoms with Crippen molar-refractivity contribution in [3.63, 3.8) is 0 Å². The molecule has 1 amide bonds. The van der Waals surface area contributed by atoms with Crippen LogP contribution < -0.4 is 15.1 Å². The van der Waals surface area contributed by atoms with E-state index >= 15 is 0 Å². The molecule has 6 nitrogen and oxygen atoms in total. The number of carbonyl (C=O) groups excluding carboxylic acids is 1. The lowest BCUT2D eigenvalue weighted by Crippen LogP contribution is -2.66. The molecule has 2 aliphatic carbocycles. The van der Waals surface area contributed by atoms with E-state index in [0.717, 1.165) is 31.7 Å². The number of carbonyl (C=O) groups is 1. The van der Waals surface area contributed by atoms with Crippen LogP contribution in [0.2, 0.25) is 0 Å². The molecule has 12 heteroatoms. The van der Waals surface area contributed by atoms with Crippen LogP contribution in [0.15, 0.2) is 22.6 Å². The van der Waals surface area contributed by atoms with Crippen molar-refractivity contribution >= 4 is 23.3 Å². The molecule has 2 aromatic rings. The predicted octanol–water partition coefficient (Wildman–Crippen LogP) is 5.79. The zero-order valence-electron chi connectivity index (χ0n) is 19.6. The standard InChI is InChI=1S/C24H26F6N4O2/c1-33(15-4-2-3-5-15)17-7-6-14(8-16(17)25)31-20(35)19-18(9-24(28,29)30)36-21(32-19)34-12-22(13-34)10-23(26,27)11-22/h6-8,15H,2-5,9-13H2,1H3,(H,31,35). The van der Waals surface area contributed by atoms with Crippen LogP contribution >= 0.6 is 0 Å². The van der Waals surface area contributed by atoms with Gasteiger partial charge in [0.15, 0.2) is 5.69 Å². The Balaban J connectivity index is 1.31. The summed E-state index contributed by atoms with van der Waals surface area (Å²) in [4.78, 5) is 20.1. The van der Waals surface area contributed by atoms with Crippen molar-refractivity contribution < 1.29 is 35.6 Å². The highest BCUT2D eigenvalue weighted by Gasteiger charge is 2.62. The Morgan fingerprint density at radius 1 is 1.22 bits per heavy atom. The van der Waals surface area contributed by atoms with Gasteiger partial charge in [-0.15, -0.1) is 0 Å². The van der Waals surface area contributed by atoms with Gasteiger partial charge in [-0.3, -0.25) is 4.79 Å². The highest BCUT2D eigenvalue weighted by atomic mass is 19.4. The normalized spacial score (nSPS) is 20.8. The van der Waals surface area contributed by atoms with E-state index in [0.29, 0.717) is 5.69 Å². The first-order chi connectivity index (χ1) is 16.8. The maximum absolute atomic E-state index is 14.8. The number of halogens is 6. The fraction of sp³-hybridized carbons (Fsp3) is 0.583. The number of benzene rings is 1. The molecule has 1 saturated heterocycles. The third-order valence-corrected chi connectivity index (χ3v) is 7.31. The molecule has 1 aromatic carbocycles. The summed E-state index contributed by atoms with van der Waals surface area (Å²) >= 11 is 0. The molecule has 36 heavy (non-hydrogen) atoms. The Morgan fingerprint density at radius 2 is 1.89 bits per heavy atom. The van der Waals surface area contributed by atoms with E-state index in [4.69, 9.17) is 4.42 Å². The SMILES string of the molecule is CN(c1ccc(NC(=O)c2nc(N3CC4(C3)CC(F)(F)C4)oc2CC(F)(F)F)cc1F)C1CCCC1. The summed E-state index contributed by atoms with van der Waals surface area (Å²) in [6.45, 7) is 0.327. The smallest absolute Gasteiger partial charge is 0.396 e. The van der Waals surface area contributed by atoms with E-state index in [1.807, 2.05) is 4.90 Å². The van der Waals surface area contributed by atoms with E-state index in [2.05, 4.69) is 10.3 Å². The average Bonchev–Trinajstić information content (AvgIpc) is 3.38. The van der Waals surface area contributed by atoms with Crippen LogP contribution in [0.1, 0.15) is 54.8 Å². The first kappa shape index (κ1) is 24.8. The van der Waals surface area contributed by atoms with Gasteiger partial charge in [0.05, 0.1) is 5.69 Å². The van der Waals surface area contributed by atoms with Gasteiger partial charge in [-0.1, -0.05) is 12.8 Å². The molecule has 1 aliphatic heterocycles. The summed E-state index contributed by atoms with van der Waals surface area (Å²) in [6, 6.07) is 4.11. The van der Waals surface area contributed by atoms with Crippen molar-refractivity contribution in [1.82, 2.24) is 4.98 Å². The Labute approximate surface area is 203 Å².